The SMILES string of the molecule is COc1cc(C(=O)N2CCC[C@@H](NC(=O)OC(C)(C)C)C2)cc2nc(-c3cc4cccc5c4n3CCN5C(=O)OC(C)(C)C)n(C)c12. The van der Waals surface area contributed by atoms with Crippen molar-refractivity contribution in [1.82, 2.24) is 24.3 Å². The van der Waals surface area contributed by atoms with Crippen LogP contribution >= 0.6 is 0 Å². The van der Waals surface area contributed by atoms with Crippen molar-refractivity contribution in [2.45, 2.75) is 78.2 Å². The molecule has 0 bridgehead atoms. The molecule has 12 heteroatoms. The fourth-order valence-electron chi connectivity index (χ4n) is 6.52. The topological polar surface area (TPSA) is 120 Å². The molecule has 2 aromatic carbocycles. The fraction of sp³-hybridized carbons (Fsp3) is 0.486. The predicted octanol–water partition coefficient (Wildman–Crippen LogP) is 6.09. The molecule has 2 aliphatic heterocycles. The minimum Gasteiger partial charge on any atom is -0.494 e. The molecule has 1 N–H and O–H groups in total. The van der Waals surface area contributed by atoms with Gasteiger partial charge in [0.1, 0.15) is 22.5 Å². The number of aryl methyl sites for hydroxylation is 1. The third-order valence-electron chi connectivity index (χ3n) is 8.41. The van der Waals surface area contributed by atoms with Crippen LogP contribution in [0.5, 0.6) is 5.75 Å². The Morgan fingerprint density at radius 3 is 2.38 bits per heavy atom. The van der Waals surface area contributed by atoms with Gasteiger partial charge in [0.15, 0.2) is 5.82 Å². The van der Waals surface area contributed by atoms with Crippen molar-refractivity contribution in [3.63, 3.8) is 0 Å². The highest BCUT2D eigenvalue weighted by Crippen LogP contribution is 2.39. The van der Waals surface area contributed by atoms with Crippen LogP contribution in [0.4, 0.5) is 15.3 Å². The Bertz CT molecular complexity index is 1880. The third kappa shape index (κ3) is 6.33. The highest BCUT2D eigenvalue weighted by molar-refractivity contribution is 6.04. The molecule has 0 radical (unpaired) electrons. The maximum absolute atomic E-state index is 13.8. The zero-order valence-corrected chi connectivity index (χ0v) is 28.5. The quantitative estimate of drug-likeness (QED) is 0.286. The Morgan fingerprint density at radius 2 is 1.68 bits per heavy atom. The fourth-order valence-corrected chi connectivity index (χ4v) is 6.52. The van der Waals surface area contributed by atoms with E-state index in [-0.39, 0.29) is 18.0 Å². The number of fused-ring (bicyclic) bond motifs is 1. The molecule has 1 atom stereocenters. The summed E-state index contributed by atoms with van der Waals surface area (Å²) in [5.41, 5.74) is 3.30. The van der Waals surface area contributed by atoms with E-state index in [1.807, 2.05) is 77.4 Å². The number of carbonyl (C=O) groups is 3. The molecular weight excluding hydrogens is 600 g/mol. The molecule has 1 fully saturated rings. The Kier molecular flexibility index (Phi) is 8.09. The number of rotatable bonds is 4. The van der Waals surface area contributed by atoms with E-state index in [1.54, 1.807) is 23.0 Å². The number of likely N-dealkylation sites (tertiary alicyclic amines) is 1. The van der Waals surface area contributed by atoms with Crippen LogP contribution in [0.2, 0.25) is 0 Å². The summed E-state index contributed by atoms with van der Waals surface area (Å²) in [6.45, 7) is 13.0. The number of nitrogens with zero attached hydrogens (tertiary/aromatic N) is 5. The van der Waals surface area contributed by atoms with Gasteiger partial charge in [0.25, 0.3) is 5.91 Å². The van der Waals surface area contributed by atoms with E-state index in [0.717, 1.165) is 46.5 Å². The van der Waals surface area contributed by atoms with Gasteiger partial charge in [-0.05, 0) is 78.6 Å². The largest absolute Gasteiger partial charge is 0.494 e. The molecule has 47 heavy (non-hydrogen) atoms. The Hall–Kier alpha value is -4.74. The van der Waals surface area contributed by atoms with E-state index in [9.17, 15) is 14.4 Å². The second-order valence-corrected chi connectivity index (χ2v) is 14.3. The highest BCUT2D eigenvalue weighted by Gasteiger charge is 2.32. The number of aromatic nitrogens is 3. The smallest absolute Gasteiger partial charge is 0.414 e. The molecule has 1 saturated heterocycles. The first-order valence-electron chi connectivity index (χ1n) is 16.1. The first-order chi connectivity index (χ1) is 22.1. The predicted molar refractivity (Wildman–Crippen MR) is 180 cm³/mol. The summed E-state index contributed by atoms with van der Waals surface area (Å²) in [5, 5.41) is 3.90. The number of anilines is 1. The van der Waals surface area contributed by atoms with Gasteiger partial charge in [0.05, 0.1) is 29.5 Å². The molecule has 250 valence electrons. The lowest BCUT2D eigenvalue weighted by Crippen LogP contribution is -2.50. The molecule has 0 unspecified atom stereocenters. The van der Waals surface area contributed by atoms with Gasteiger partial charge in [-0.15, -0.1) is 0 Å². The van der Waals surface area contributed by atoms with Gasteiger partial charge in [0.2, 0.25) is 0 Å². The standard InChI is InChI=1S/C35H44N6O6/c1-34(2,3)46-32(43)36-23-12-10-14-39(20-23)31(42)22-17-24-29(27(19-22)45-8)38(7)30(37-24)26-18-21-11-9-13-25-28(21)40(26)15-16-41(25)33(44)47-35(4,5)6/h9,11,13,17-19,23H,10,12,14-16,20H2,1-8H3,(H,36,43)/t23-/m1/s1. The number of hydrogen-bond donors (Lipinski definition) is 1. The van der Waals surface area contributed by atoms with E-state index in [2.05, 4.69) is 16.0 Å². The third-order valence-corrected chi connectivity index (χ3v) is 8.41. The summed E-state index contributed by atoms with van der Waals surface area (Å²) in [6, 6.07) is 11.4. The minimum absolute atomic E-state index is 0.150. The Labute approximate surface area is 274 Å². The van der Waals surface area contributed by atoms with Crippen molar-refractivity contribution in [2.24, 2.45) is 7.05 Å². The lowest BCUT2D eigenvalue weighted by atomic mass is 10.0. The minimum atomic E-state index is -0.603. The average molecular weight is 645 g/mol. The summed E-state index contributed by atoms with van der Waals surface area (Å²) < 4.78 is 21.1. The van der Waals surface area contributed by atoms with Crippen molar-refractivity contribution in [3.8, 4) is 17.3 Å². The molecule has 4 aromatic rings. The number of methoxy groups -OCH3 is 1. The van der Waals surface area contributed by atoms with Crippen molar-refractivity contribution in [1.29, 1.82) is 0 Å². The second kappa shape index (κ2) is 11.8. The van der Waals surface area contributed by atoms with E-state index < -0.39 is 17.3 Å². The second-order valence-electron chi connectivity index (χ2n) is 14.3. The molecular formula is C35H44N6O6. The normalized spacial score (nSPS) is 16.8. The van der Waals surface area contributed by atoms with Gasteiger partial charge in [0, 0.05) is 50.2 Å². The van der Waals surface area contributed by atoms with Gasteiger partial charge in [-0.3, -0.25) is 9.69 Å². The van der Waals surface area contributed by atoms with Crippen LogP contribution in [-0.2, 0) is 23.1 Å². The Morgan fingerprint density at radius 1 is 0.936 bits per heavy atom. The molecule has 4 heterocycles. The molecule has 12 nitrogen and oxygen atoms in total. The first-order valence-corrected chi connectivity index (χ1v) is 16.1. The number of para-hydroxylation sites is 1. The molecule has 0 saturated carbocycles. The monoisotopic (exact) mass is 644 g/mol. The van der Waals surface area contributed by atoms with Crippen LogP contribution < -0.4 is 15.0 Å². The van der Waals surface area contributed by atoms with Crippen LogP contribution in [0.15, 0.2) is 36.4 Å². The molecule has 0 aliphatic carbocycles. The summed E-state index contributed by atoms with van der Waals surface area (Å²) in [5.74, 6) is 1.11. The van der Waals surface area contributed by atoms with Crippen LogP contribution in [0, 0.1) is 0 Å². The lowest BCUT2D eigenvalue weighted by Gasteiger charge is -2.33. The molecule has 2 aliphatic rings. The van der Waals surface area contributed by atoms with Crippen molar-refractivity contribution in [3.05, 3.63) is 42.0 Å². The zero-order chi connectivity index (χ0) is 33.8. The summed E-state index contributed by atoms with van der Waals surface area (Å²) >= 11 is 0. The molecule has 6 rings (SSSR count). The number of alkyl carbamates (subject to hydrolysis) is 1. The number of ether oxygens (including phenoxy) is 3. The van der Waals surface area contributed by atoms with E-state index >= 15 is 0 Å². The number of piperidine rings is 1. The van der Waals surface area contributed by atoms with Gasteiger partial charge in [-0.25, -0.2) is 14.6 Å². The van der Waals surface area contributed by atoms with Gasteiger partial charge in [-0.2, -0.15) is 0 Å². The van der Waals surface area contributed by atoms with Crippen molar-refractivity contribution in [2.75, 3.05) is 31.6 Å². The molecule has 0 spiro atoms. The van der Waals surface area contributed by atoms with E-state index in [1.165, 1.54) is 0 Å². The van der Waals surface area contributed by atoms with Crippen LogP contribution in [-0.4, -0.2) is 81.1 Å². The van der Waals surface area contributed by atoms with E-state index in [0.29, 0.717) is 43.0 Å². The van der Waals surface area contributed by atoms with Crippen LogP contribution in [0.25, 0.3) is 33.5 Å². The number of hydrogen-bond acceptors (Lipinski definition) is 7. The summed E-state index contributed by atoms with van der Waals surface area (Å²) in [7, 11) is 3.53. The number of carbonyl (C=O) groups excluding carboxylic acids is 3. The summed E-state index contributed by atoms with van der Waals surface area (Å²) in [4.78, 5) is 47.8. The van der Waals surface area contributed by atoms with Gasteiger partial charge in [-0.1, -0.05) is 12.1 Å². The first kappa shape index (κ1) is 32.2. The van der Waals surface area contributed by atoms with Crippen LogP contribution in [0.1, 0.15) is 64.7 Å². The van der Waals surface area contributed by atoms with Crippen LogP contribution in [0.3, 0.4) is 0 Å². The Balaban J connectivity index is 1.32. The number of amides is 3. The number of benzene rings is 2. The molecule has 2 aromatic heterocycles. The average Bonchev–Trinajstić information content (AvgIpc) is 3.53. The number of imidazole rings is 1. The lowest BCUT2D eigenvalue weighted by molar-refractivity contribution is 0.0451. The zero-order valence-electron chi connectivity index (χ0n) is 28.5. The van der Waals surface area contributed by atoms with Crippen molar-refractivity contribution >= 4 is 45.7 Å². The highest BCUT2D eigenvalue weighted by atomic mass is 16.6. The van der Waals surface area contributed by atoms with Crippen molar-refractivity contribution < 1.29 is 28.6 Å². The van der Waals surface area contributed by atoms with E-state index in [4.69, 9.17) is 19.2 Å². The maximum Gasteiger partial charge on any atom is 0.414 e. The molecule has 3 amide bonds. The summed E-state index contributed by atoms with van der Waals surface area (Å²) in [6.07, 6.45) is 0.671. The number of nitrogens with one attached hydrogen (secondary N) is 1. The van der Waals surface area contributed by atoms with Gasteiger partial charge >= 0.3 is 12.2 Å². The maximum atomic E-state index is 13.8. The van der Waals surface area contributed by atoms with Gasteiger partial charge < -0.3 is 33.6 Å².